The zero-order valence-electron chi connectivity index (χ0n) is 12.0. The maximum Gasteiger partial charge on any atom is 0.138 e. The molecule has 1 unspecified atom stereocenters. The number of hydrazine groups is 1. The Morgan fingerprint density at radius 2 is 2.10 bits per heavy atom. The van der Waals surface area contributed by atoms with Crippen molar-refractivity contribution in [1.29, 1.82) is 0 Å². The molecule has 0 bridgehead atoms. The second-order valence-electron chi connectivity index (χ2n) is 4.99. The third-order valence-corrected chi connectivity index (χ3v) is 3.42. The minimum Gasteiger partial charge on any atom is -0.271 e. The normalized spacial score (nSPS) is 12.5. The van der Waals surface area contributed by atoms with Gasteiger partial charge < -0.3 is 0 Å². The average molecular weight is 273 g/mol. The first-order valence-electron chi connectivity index (χ1n) is 7.20. The second kappa shape index (κ2) is 7.77. The molecular formula is C15H23N5. The molecule has 1 aromatic carbocycles. The molecule has 0 radical (unpaired) electrons. The van der Waals surface area contributed by atoms with Crippen molar-refractivity contribution in [2.24, 2.45) is 5.84 Å². The van der Waals surface area contributed by atoms with Gasteiger partial charge in [-0.15, -0.1) is 0 Å². The van der Waals surface area contributed by atoms with Gasteiger partial charge in [0.25, 0.3) is 0 Å². The molecule has 5 heteroatoms. The van der Waals surface area contributed by atoms with Gasteiger partial charge in [-0.05, 0) is 24.8 Å². The first kappa shape index (κ1) is 14.7. The van der Waals surface area contributed by atoms with Crippen LogP contribution in [0.1, 0.15) is 31.2 Å². The zero-order chi connectivity index (χ0) is 14.2. The summed E-state index contributed by atoms with van der Waals surface area (Å²) in [6, 6.07) is 10.7. The fourth-order valence-corrected chi connectivity index (χ4v) is 2.30. The minimum absolute atomic E-state index is 0.218. The molecule has 0 saturated carbocycles. The van der Waals surface area contributed by atoms with E-state index >= 15 is 0 Å². The third kappa shape index (κ3) is 4.15. The molecule has 0 aliphatic carbocycles. The summed E-state index contributed by atoms with van der Waals surface area (Å²) in [4.78, 5) is 4.33. The van der Waals surface area contributed by atoms with Gasteiger partial charge in [0.05, 0.1) is 0 Å². The van der Waals surface area contributed by atoms with Crippen molar-refractivity contribution in [2.75, 3.05) is 0 Å². The third-order valence-electron chi connectivity index (χ3n) is 3.42. The molecule has 0 amide bonds. The van der Waals surface area contributed by atoms with Gasteiger partial charge >= 0.3 is 0 Å². The highest BCUT2D eigenvalue weighted by atomic mass is 15.3. The molecule has 0 spiro atoms. The Bertz CT molecular complexity index is 494. The summed E-state index contributed by atoms with van der Waals surface area (Å²) in [5, 5.41) is 4.25. The van der Waals surface area contributed by atoms with E-state index in [9.17, 15) is 0 Å². The lowest BCUT2D eigenvalue weighted by Crippen LogP contribution is -2.37. The van der Waals surface area contributed by atoms with Crippen LogP contribution in [-0.4, -0.2) is 20.8 Å². The van der Waals surface area contributed by atoms with Crippen molar-refractivity contribution in [3.05, 3.63) is 48.0 Å². The minimum atomic E-state index is 0.218. The van der Waals surface area contributed by atoms with Crippen molar-refractivity contribution in [3.8, 4) is 0 Å². The monoisotopic (exact) mass is 273 g/mol. The number of nitrogens with zero attached hydrogens (tertiary/aromatic N) is 3. The maximum atomic E-state index is 5.67. The highest BCUT2D eigenvalue weighted by Crippen LogP contribution is 2.08. The van der Waals surface area contributed by atoms with Crippen LogP contribution in [-0.2, 0) is 19.4 Å². The molecule has 0 aliphatic heterocycles. The maximum absolute atomic E-state index is 5.67. The van der Waals surface area contributed by atoms with E-state index in [2.05, 4.69) is 46.7 Å². The molecule has 1 heterocycles. The van der Waals surface area contributed by atoms with Gasteiger partial charge in [0.15, 0.2) is 0 Å². The summed E-state index contributed by atoms with van der Waals surface area (Å²) in [7, 11) is 0. The van der Waals surface area contributed by atoms with Crippen molar-refractivity contribution < 1.29 is 0 Å². The molecular weight excluding hydrogens is 250 g/mol. The number of aryl methyl sites for hydroxylation is 2. The van der Waals surface area contributed by atoms with Gasteiger partial charge in [-0.25, -0.2) is 4.98 Å². The Hall–Kier alpha value is -1.72. The van der Waals surface area contributed by atoms with Crippen LogP contribution < -0.4 is 11.3 Å². The SMILES string of the molecule is CCCn1ncnc1CC(CCc1ccccc1)NN. The molecule has 0 fully saturated rings. The number of benzene rings is 1. The molecule has 2 rings (SSSR count). The van der Waals surface area contributed by atoms with Crippen molar-refractivity contribution in [2.45, 2.75) is 45.2 Å². The molecule has 2 aromatic rings. The van der Waals surface area contributed by atoms with Crippen LogP contribution in [0.15, 0.2) is 36.7 Å². The summed E-state index contributed by atoms with van der Waals surface area (Å²) in [5.74, 6) is 6.67. The molecule has 0 saturated heterocycles. The standard InChI is InChI=1S/C15H23N5/c1-2-10-20-15(17-12-18-20)11-14(19-16)9-8-13-6-4-3-5-7-13/h3-7,12,14,19H,2,8-11,16H2,1H3. The summed E-state index contributed by atoms with van der Waals surface area (Å²) >= 11 is 0. The second-order valence-corrected chi connectivity index (χ2v) is 4.99. The average Bonchev–Trinajstić information content (AvgIpc) is 2.92. The number of nitrogens with one attached hydrogen (secondary N) is 1. The van der Waals surface area contributed by atoms with E-state index in [4.69, 9.17) is 5.84 Å². The fourth-order valence-electron chi connectivity index (χ4n) is 2.30. The lowest BCUT2D eigenvalue weighted by atomic mass is 10.0. The Morgan fingerprint density at radius 1 is 1.30 bits per heavy atom. The molecule has 20 heavy (non-hydrogen) atoms. The van der Waals surface area contributed by atoms with Crippen LogP contribution >= 0.6 is 0 Å². The van der Waals surface area contributed by atoms with E-state index in [1.54, 1.807) is 6.33 Å². The summed E-state index contributed by atoms with van der Waals surface area (Å²) in [5.41, 5.74) is 4.23. The van der Waals surface area contributed by atoms with E-state index in [0.717, 1.165) is 38.1 Å². The van der Waals surface area contributed by atoms with Gasteiger partial charge in [0.1, 0.15) is 12.2 Å². The van der Waals surface area contributed by atoms with Gasteiger partial charge in [-0.3, -0.25) is 16.0 Å². The van der Waals surface area contributed by atoms with E-state index in [1.165, 1.54) is 5.56 Å². The number of hydrogen-bond acceptors (Lipinski definition) is 4. The molecule has 1 aromatic heterocycles. The van der Waals surface area contributed by atoms with E-state index in [0.29, 0.717) is 0 Å². The first-order chi connectivity index (χ1) is 9.83. The molecule has 3 N–H and O–H groups in total. The lowest BCUT2D eigenvalue weighted by Gasteiger charge is -2.15. The Kier molecular flexibility index (Phi) is 5.70. The predicted octanol–water partition coefficient (Wildman–Crippen LogP) is 1.70. The molecule has 108 valence electrons. The van der Waals surface area contributed by atoms with Gasteiger partial charge in [0.2, 0.25) is 0 Å². The highest BCUT2D eigenvalue weighted by Gasteiger charge is 2.12. The number of rotatable bonds is 8. The topological polar surface area (TPSA) is 68.8 Å². The van der Waals surface area contributed by atoms with Crippen LogP contribution in [0.4, 0.5) is 0 Å². The van der Waals surface area contributed by atoms with Crippen LogP contribution in [0, 0.1) is 0 Å². The summed E-state index contributed by atoms with van der Waals surface area (Å²) in [6.07, 6.45) is 5.48. The van der Waals surface area contributed by atoms with Crippen LogP contribution in [0.5, 0.6) is 0 Å². The molecule has 5 nitrogen and oxygen atoms in total. The van der Waals surface area contributed by atoms with Crippen molar-refractivity contribution >= 4 is 0 Å². The highest BCUT2D eigenvalue weighted by molar-refractivity contribution is 5.14. The van der Waals surface area contributed by atoms with E-state index < -0.39 is 0 Å². The van der Waals surface area contributed by atoms with Crippen LogP contribution in [0.3, 0.4) is 0 Å². The Morgan fingerprint density at radius 3 is 2.80 bits per heavy atom. The van der Waals surface area contributed by atoms with Crippen LogP contribution in [0.2, 0.25) is 0 Å². The van der Waals surface area contributed by atoms with E-state index in [-0.39, 0.29) is 6.04 Å². The zero-order valence-corrected chi connectivity index (χ0v) is 12.0. The number of hydrogen-bond donors (Lipinski definition) is 2. The first-order valence-corrected chi connectivity index (χ1v) is 7.20. The fraction of sp³-hybridized carbons (Fsp3) is 0.467. The van der Waals surface area contributed by atoms with Crippen LogP contribution in [0.25, 0.3) is 0 Å². The largest absolute Gasteiger partial charge is 0.271 e. The summed E-state index contributed by atoms with van der Waals surface area (Å²) in [6.45, 7) is 3.05. The summed E-state index contributed by atoms with van der Waals surface area (Å²) < 4.78 is 1.97. The lowest BCUT2D eigenvalue weighted by molar-refractivity contribution is 0.461. The van der Waals surface area contributed by atoms with Crippen molar-refractivity contribution in [1.82, 2.24) is 20.2 Å². The Labute approximate surface area is 120 Å². The van der Waals surface area contributed by atoms with Crippen molar-refractivity contribution in [3.63, 3.8) is 0 Å². The number of nitrogens with two attached hydrogens (primary N) is 1. The smallest absolute Gasteiger partial charge is 0.138 e. The Balaban J connectivity index is 1.90. The van der Waals surface area contributed by atoms with Gasteiger partial charge in [-0.2, -0.15) is 5.10 Å². The quantitative estimate of drug-likeness (QED) is 0.567. The van der Waals surface area contributed by atoms with E-state index in [1.807, 2.05) is 10.7 Å². The molecule has 0 aliphatic rings. The van der Waals surface area contributed by atoms with Gasteiger partial charge in [0, 0.05) is 19.0 Å². The predicted molar refractivity (Wildman–Crippen MR) is 79.9 cm³/mol. The molecule has 1 atom stereocenters. The number of aromatic nitrogens is 3. The van der Waals surface area contributed by atoms with Gasteiger partial charge in [-0.1, -0.05) is 37.3 Å².